The number of pyridine rings is 1. The van der Waals surface area contributed by atoms with E-state index in [-0.39, 0.29) is 5.43 Å². The van der Waals surface area contributed by atoms with Gasteiger partial charge < -0.3 is 4.57 Å². The first kappa shape index (κ1) is 7.10. The summed E-state index contributed by atoms with van der Waals surface area (Å²) in [6.45, 7) is 0. The molecular formula is C10H8NO. The maximum absolute atomic E-state index is 11.3. The lowest BCUT2D eigenvalue weighted by molar-refractivity contribution is 0.940. The largest absolute Gasteiger partial charge is 0.342 e. The highest BCUT2D eigenvalue weighted by atomic mass is 16.1. The molecule has 0 amide bonds. The van der Waals surface area contributed by atoms with Crippen LogP contribution in [0.2, 0.25) is 0 Å². The molecule has 1 heterocycles. The Morgan fingerprint density at radius 1 is 1.33 bits per heavy atom. The topological polar surface area (TPSA) is 22.0 Å². The molecule has 0 unspecified atom stereocenters. The highest BCUT2D eigenvalue weighted by Crippen LogP contribution is 2.06. The molecule has 0 aliphatic carbocycles. The van der Waals surface area contributed by atoms with Gasteiger partial charge in [-0.1, -0.05) is 12.1 Å². The molecule has 0 bridgehead atoms. The van der Waals surface area contributed by atoms with E-state index in [1.807, 2.05) is 35.9 Å². The fourth-order valence-electron chi connectivity index (χ4n) is 1.28. The van der Waals surface area contributed by atoms with Crippen LogP contribution in [0, 0.1) is 6.20 Å². The van der Waals surface area contributed by atoms with Gasteiger partial charge in [-0.3, -0.25) is 4.79 Å². The number of benzene rings is 1. The summed E-state index contributed by atoms with van der Waals surface area (Å²) in [4.78, 5) is 11.3. The van der Waals surface area contributed by atoms with Crippen LogP contribution in [0.5, 0.6) is 0 Å². The molecule has 0 saturated heterocycles. The van der Waals surface area contributed by atoms with Crippen LogP contribution < -0.4 is 5.43 Å². The lowest BCUT2D eigenvalue weighted by Gasteiger charge is -2.01. The van der Waals surface area contributed by atoms with Crippen LogP contribution in [-0.4, -0.2) is 4.57 Å². The summed E-state index contributed by atoms with van der Waals surface area (Å²) in [5.41, 5.74) is 0.953. The zero-order valence-corrected chi connectivity index (χ0v) is 6.74. The van der Waals surface area contributed by atoms with Crippen LogP contribution in [0.25, 0.3) is 10.9 Å². The van der Waals surface area contributed by atoms with Gasteiger partial charge >= 0.3 is 0 Å². The Balaban J connectivity index is 3.05. The van der Waals surface area contributed by atoms with Crippen molar-refractivity contribution in [1.29, 1.82) is 0 Å². The normalized spacial score (nSPS) is 10.4. The average molecular weight is 158 g/mol. The summed E-state index contributed by atoms with van der Waals surface area (Å²) in [6.07, 6.45) is 2.85. The van der Waals surface area contributed by atoms with Crippen molar-refractivity contribution in [1.82, 2.24) is 4.57 Å². The van der Waals surface area contributed by atoms with Gasteiger partial charge in [0.1, 0.15) is 0 Å². The van der Waals surface area contributed by atoms with Crippen molar-refractivity contribution in [2.24, 2.45) is 7.05 Å². The first-order valence-electron chi connectivity index (χ1n) is 3.75. The van der Waals surface area contributed by atoms with Crippen molar-refractivity contribution in [3.63, 3.8) is 0 Å². The number of hydrogen-bond donors (Lipinski definition) is 0. The molecule has 0 N–H and O–H groups in total. The van der Waals surface area contributed by atoms with Crippen LogP contribution in [0.3, 0.4) is 0 Å². The van der Waals surface area contributed by atoms with Crippen LogP contribution in [0.1, 0.15) is 0 Å². The van der Waals surface area contributed by atoms with E-state index in [9.17, 15) is 4.79 Å². The monoisotopic (exact) mass is 158 g/mol. The third kappa shape index (κ3) is 0.925. The molecule has 1 aromatic heterocycles. The molecule has 2 nitrogen and oxygen atoms in total. The Bertz CT molecular complexity index is 470. The molecule has 1 aromatic carbocycles. The Morgan fingerprint density at radius 3 is 2.83 bits per heavy atom. The van der Waals surface area contributed by atoms with Crippen molar-refractivity contribution >= 4 is 10.9 Å². The van der Waals surface area contributed by atoms with Gasteiger partial charge in [0.25, 0.3) is 0 Å². The van der Waals surface area contributed by atoms with Crippen molar-refractivity contribution < 1.29 is 0 Å². The molecule has 2 aromatic rings. The van der Waals surface area contributed by atoms with Gasteiger partial charge in [0.2, 0.25) is 0 Å². The van der Waals surface area contributed by atoms with Gasteiger partial charge in [-0.05, 0) is 12.1 Å². The van der Waals surface area contributed by atoms with Gasteiger partial charge in [0, 0.05) is 18.5 Å². The standard InChI is InChI=1S/C10H8NO/c1-11-7-6-10(12)8-4-2-3-5-9(8)11/h2-6H,1H3. The van der Waals surface area contributed by atoms with E-state index in [1.54, 1.807) is 0 Å². The highest BCUT2D eigenvalue weighted by Gasteiger charge is 1.97. The molecule has 0 aliphatic rings. The van der Waals surface area contributed by atoms with Gasteiger partial charge in [-0.2, -0.15) is 0 Å². The smallest absolute Gasteiger partial charge is 0.190 e. The van der Waals surface area contributed by atoms with E-state index in [2.05, 4.69) is 6.20 Å². The number of nitrogens with zero attached hydrogens (tertiary/aromatic N) is 1. The summed E-state index contributed by atoms with van der Waals surface area (Å²) in [5.74, 6) is 0. The maximum atomic E-state index is 11.3. The Labute approximate surface area is 70.1 Å². The van der Waals surface area contributed by atoms with E-state index in [1.165, 1.54) is 6.07 Å². The van der Waals surface area contributed by atoms with E-state index < -0.39 is 0 Å². The fraction of sp³-hybridized carbons (Fsp3) is 0.100. The highest BCUT2D eigenvalue weighted by molar-refractivity contribution is 5.78. The van der Waals surface area contributed by atoms with Crippen molar-refractivity contribution in [3.8, 4) is 0 Å². The molecule has 0 aliphatic heterocycles. The molecule has 1 radical (unpaired) electrons. The summed E-state index contributed by atoms with van der Waals surface area (Å²) in [5, 5.41) is 0.749. The molecule has 59 valence electrons. The zero-order valence-electron chi connectivity index (χ0n) is 6.74. The van der Waals surface area contributed by atoms with E-state index in [0.717, 1.165) is 10.9 Å². The Morgan fingerprint density at radius 2 is 2.08 bits per heavy atom. The van der Waals surface area contributed by atoms with Crippen LogP contribution >= 0.6 is 0 Å². The maximum Gasteiger partial charge on any atom is 0.190 e. The molecule has 2 rings (SSSR count). The Kier molecular flexibility index (Phi) is 1.47. The predicted octanol–water partition coefficient (Wildman–Crippen LogP) is 1.34. The first-order valence-corrected chi connectivity index (χ1v) is 3.75. The van der Waals surface area contributed by atoms with Crippen LogP contribution in [-0.2, 0) is 7.05 Å². The number of aryl methyl sites for hydroxylation is 1. The molecule has 0 atom stereocenters. The molecule has 12 heavy (non-hydrogen) atoms. The van der Waals surface area contributed by atoms with Gasteiger partial charge in [0.05, 0.1) is 11.7 Å². The lowest BCUT2D eigenvalue weighted by Crippen LogP contribution is -2.04. The minimum Gasteiger partial charge on any atom is -0.342 e. The fourth-order valence-corrected chi connectivity index (χ4v) is 1.28. The minimum absolute atomic E-state index is 0.0312. The number of rotatable bonds is 0. The molecular weight excluding hydrogens is 150 g/mol. The average Bonchev–Trinajstić information content (AvgIpc) is 2.12. The number of hydrogen-bond acceptors (Lipinski definition) is 1. The summed E-state index contributed by atoms with van der Waals surface area (Å²) in [7, 11) is 1.88. The van der Waals surface area contributed by atoms with Crippen molar-refractivity contribution in [2.45, 2.75) is 0 Å². The van der Waals surface area contributed by atoms with Gasteiger partial charge in [0.15, 0.2) is 5.43 Å². The second-order valence-corrected chi connectivity index (χ2v) is 2.71. The lowest BCUT2D eigenvalue weighted by atomic mass is 10.2. The van der Waals surface area contributed by atoms with Gasteiger partial charge in [-0.25, -0.2) is 0 Å². The third-order valence-electron chi connectivity index (χ3n) is 1.92. The second-order valence-electron chi connectivity index (χ2n) is 2.71. The SMILES string of the molecule is Cn1[c]cc(=O)c2ccccc21. The Hall–Kier alpha value is -1.57. The summed E-state index contributed by atoms with van der Waals surface area (Å²) >= 11 is 0. The number of fused-ring (bicyclic) bond motifs is 1. The summed E-state index contributed by atoms with van der Waals surface area (Å²) in [6, 6.07) is 8.97. The van der Waals surface area contributed by atoms with Gasteiger partial charge in [-0.15, -0.1) is 0 Å². The number of aromatic nitrogens is 1. The molecule has 0 fully saturated rings. The van der Waals surface area contributed by atoms with Crippen LogP contribution in [0.15, 0.2) is 35.1 Å². The third-order valence-corrected chi connectivity index (χ3v) is 1.92. The zero-order chi connectivity index (χ0) is 8.55. The van der Waals surface area contributed by atoms with Crippen molar-refractivity contribution in [2.75, 3.05) is 0 Å². The molecule has 0 spiro atoms. The van der Waals surface area contributed by atoms with E-state index in [0.29, 0.717) is 0 Å². The van der Waals surface area contributed by atoms with Crippen molar-refractivity contribution in [3.05, 3.63) is 46.8 Å². The first-order chi connectivity index (χ1) is 5.79. The molecule has 0 saturated carbocycles. The summed E-state index contributed by atoms with van der Waals surface area (Å²) < 4.78 is 1.82. The van der Waals surface area contributed by atoms with E-state index in [4.69, 9.17) is 0 Å². The number of para-hydroxylation sites is 1. The second kappa shape index (κ2) is 2.48. The molecule has 2 heteroatoms. The van der Waals surface area contributed by atoms with E-state index >= 15 is 0 Å². The predicted molar refractivity (Wildman–Crippen MR) is 48.0 cm³/mol. The minimum atomic E-state index is 0.0312. The van der Waals surface area contributed by atoms with Crippen LogP contribution in [0.4, 0.5) is 0 Å². The quantitative estimate of drug-likeness (QED) is 0.567.